The number of hydrogen-bond acceptors (Lipinski definition) is 2. The molecule has 2 rings (SSSR count). The molecule has 2 heteroatoms. The van der Waals surface area contributed by atoms with Crippen LogP contribution in [0.5, 0.6) is 0 Å². The van der Waals surface area contributed by atoms with Crippen molar-refractivity contribution in [2.75, 3.05) is 19.6 Å². The van der Waals surface area contributed by atoms with Crippen LogP contribution in [-0.2, 0) is 0 Å². The standard InChI is InChI=1S/C16H32N2/c1-4-10-17-14-7-8-15(12-14)18-11-9-16(5-2,6-3)13-18/h14-15,17H,4-13H2,1-3H3. The van der Waals surface area contributed by atoms with Gasteiger partial charge in [-0.2, -0.15) is 0 Å². The predicted octanol–water partition coefficient (Wildman–Crippen LogP) is 3.42. The van der Waals surface area contributed by atoms with Gasteiger partial charge in [0.1, 0.15) is 0 Å². The molecule has 2 atom stereocenters. The third kappa shape index (κ3) is 3.08. The Bertz CT molecular complexity index is 247. The molecule has 1 aliphatic carbocycles. The van der Waals surface area contributed by atoms with E-state index in [4.69, 9.17) is 0 Å². The van der Waals surface area contributed by atoms with E-state index in [0.29, 0.717) is 5.41 Å². The summed E-state index contributed by atoms with van der Waals surface area (Å²) in [6.07, 6.45) is 9.64. The smallest absolute Gasteiger partial charge is 0.0111 e. The van der Waals surface area contributed by atoms with E-state index in [2.05, 4.69) is 31.0 Å². The Morgan fingerprint density at radius 1 is 1.17 bits per heavy atom. The van der Waals surface area contributed by atoms with Crippen molar-refractivity contribution in [2.24, 2.45) is 5.41 Å². The van der Waals surface area contributed by atoms with E-state index >= 15 is 0 Å². The van der Waals surface area contributed by atoms with Crippen LogP contribution in [0.4, 0.5) is 0 Å². The molecule has 1 saturated heterocycles. The molecule has 1 N–H and O–H groups in total. The summed E-state index contributed by atoms with van der Waals surface area (Å²) in [5, 5.41) is 3.71. The molecule has 1 heterocycles. The Morgan fingerprint density at radius 2 is 1.94 bits per heavy atom. The molecule has 2 nitrogen and oxygen atoms in total. The van der Waals surface area contributed by atoms with Gasteiger partial charge in [-0.3, -0.25) is 4.90 Å². The lowest BCUT2D eigenvalue weighted by atomic mass is 9.82. The average Bonchev–Trinajstić information content (AvgIpc) is 3.03. The summed E-state index contributed by atoms with van der Waals surface area (Å²) in [7, 11) is 0. The van der Waals surface area contributed by atoms with Crippen LogP contribution in [0.3, 0.4) is 0 Å². The molecule has 2 aliphatic rings. The van der Waals surface area contributed by atoms with Gasteiger partial charge in [-0.1, -0.05) is 20.8 Å². The normalized spacial score (nSPS) is 32.2. The van der Waals surface area contributed by atoms with Crippen molar-refractivity contribution in [1.29, 1.82) is 0 Å². The van der Waals surface area contributed by atoms with Crippen molar-refractivity contribution >= 4 is 0 Å². The second-order valence-corrected chi connectivity index (χ2v) is 6.55. The van der Waals surface area contributed by atoms with E-state index < -0.39 is 0 Å². The highest BCUT2D eigenvalue weighted by atomic mass is 15.2. The van der Waals surface area contributed by atoms with Crippen molar-refractivity contribution in [3.05, 3.63) is 0 Å². The predicted molar refractivity (Wildman–Crippen MR) is 78.9 cm³/mol. The maximum absolute atomic E-state index is 3.71. The summed E-state index contributed by atoms with van der Waals surface area (Å²) < 4.78 is 0. The fraction of sp³-hybridized carbons (Fsp3) is 1.00. The number of nitrogens with one attached hydrogen (secondary N) is 1. The summed E-state index contributed by atoms with van der Waals surface area (Å²) in [6.45, 7) is 10.9. The summed E-state index contributed by atoms with van der Waals surface area (Å²) in [5.41, 5.74) is 0.648. The second-order valence-electron chi connectivity index (χ2n) is 6.55. The van der Waals surface area contributed by atoms with E-state index in [1.165, 1.54) is 64.6 Å². The van der Waals surface area contributed by atoms with Crippen LogP contribution in [0, 0.1) is 5.41 Å². The summed E-state index contributed by atoms with van der Waals surface area (Å²) in [6, 6.07) is 1.67. The first-order valence-corrected chi connectivity index (χ1v) is 8.20. The lowest BCUT2D eigenvalue weighted by Crippen LogP contribution is -2.36. The molecule has 0 amide bonds. The average molecular weight is 252 g/mol. The molecule has 2 fully saturated rings. The zero-order chi connectivity index (χ0) is 13.0. The fourth-order valence-corrected chi connectivity index (χ4v) is 3.93. The number of rotatable bonds is 6. The topological polar surface area (TPSA) is 15.3 Å². The van der Waals surface area contributed by atoms with Crippen molar-refractivity contribution in [3.8, 4) is 0 Å². The maximum atomic E-state index is 3.71. The summed E-state index contributed by atoms with van der Waals surface area (Å²) in [5.74, 6) is 0. The molecular formula is C16H32N2. The molecule has 0 aromatic carbocycles. The number of nitrogens with zero attached hydrogens (tertiary/aromatic N) is 1. The minimum atomic E-state index is 0.648. The molecular weight excluding hydrogens is 220 g/mol. The molecule has 0 spiro atoms. The molecule has 0 aromatic heterocycles. The molecule has 2 unspecified atom stereocenters. The van der Waals surface area contributed by atoms with E-state index in [0.717, 1.165) is 12.1 Å². The molecule has 1 saturated carbocycles. The Balaban J connectivity index is 1.80. The van der Waals surface area contributed by atoms with Crippen LogP contribution < -0.4 is 5.32 Å². The van der Waals surface area contributed by atoms with Crippen LogP contribution in [0.25, 0.3) is 0 Å². The third-order valence-corrected chi connectivity index (χ3v) is 5.57. The molecule has 0 bridgehead atoms. The molecule has 0 aromatic rings. The van der Waals surface area contributed by atoms with Gasteiger partial charge < -0.3 is 5.32 Å². The minimum Gasteiger partial charge on any atom is -0.314 e. The van der Waals surface area contributed by atoms with Crippen LogP contribution in [0.1, 0.15) is 65.7 Å². The van der Waals surface area contributed by atoms with E-state index in [1.54, 1.807) is 0 Å². The van der Waals surface area contributed by atoms with Gasteiger partial charge in [-0.25, -0.2) is 0 Å². The lowest BCUT2D eigenvalue weighted by Gasteiger charge is -2.29. The second kappa shape index (κ2) is 6.38. The van der Waals surface area contributed by atoms with Crippen molar-refractivity contribution < 1.29 is 0 Å². The molecule has 18 heavy (non-hydrogen) atoms. The highest BCUT2D eigenvalue weighted by Gasteiger charge is 2.39. The van der Waals surface area contributed by atoms with E-state index in [9.17, 15) is 0 Å². The zero-order valence-corrected chi connectivity index (χ0v) is 12.7. The monoisotopic (exact) mass is 252 g/mol. The number of hydrogen-bond donors (Lipinski definition) is 1. The number of likely N-dealkylation sites (tertiary alicyclic amines) is 1. The van der Waals surface area contributed by atoms with Gasteiger partial charge in [-0.05, 0) is 63.5 Å². The minimum absolute atomic E-state index is 0.648. The quantitative estimate of drug-likeness (QED) is 0.779. The van der Waals surface area contributed by atoms with Crippen LogP contribution in [0.2, 0.25) is 0 Å². The van der Waals surface area contributed by atoms with Crippen LogP contribution in [-0.4, -0.2) is 36.6 Å². The molecule has 0 radical (unpaired) electrons. The highest BCUT2D eigenvalue weighted by Crippen LogP contribution is 2.40. The zero-order valence-electron chi connectivity index (χ0n) is 12.7. The lowest BCUT2D eigenvalue weighted by molar-refractivity contribution is 0.193. The summed E-state index contributed by atoms with van der Waals surface area (Å²) in [4.78, 5) is 2.81. The van der Waals surface area contributed by atoms with Gasteiger partial charge in [0.05, 0.1) is 0 Å². The SMILES string of the molecule is CCCNC1CCC(N2CCC(CC)(CC)C2)C1. The third-order valence-electron chi connectivity index (χ3n) is 5.57. The molecule has 1 aliphatic heterocycles. The van der Waals surface area contributed by atoms with Gasteiger partial charge in [0.25, 0.3) is 0 Å². The molecule has 106 valence electrons. The van der Waals surface area contributed by atoms with Gasteiger partial charge in [0.2, 0.25) is 0 Å². The van der Waals surface area contributed by atoms with Crippen LogP contribution >= 0.6 is 0 Å². The van der Waals surface area contributed by atoms with Gasteiger partial charge in [-0.15, -0.1) is 0 Å². The first-order chi connectivity index (χ1) is 8.73. The van der Waals surface area contributed by atoms with Crippen LogP contribution in [0.15, 0.2) is 0 Å². The van der Waals surface area contributed by atoms with E-state index in [1.807, 2.05) is 0 Å². The highest BCUT2D eigenvalue weighted by molar-refractivity contribution is 4.94. The Hall–Kier alpha value is -0.0800. The first kappa shape index (κ1) is 14.3. The fourth-order valence-electron chi connectivity index (χ4n) is 3.93. The van der Waals surface area contributed by atoms with Gasteiger partial charge in [0.15, 0.2) is 0 Å². The van der Waals surface area contributed by atoms with Crippen molar-refractivity contribution in [2.45, 2.75) is 77.8 Å². The maximum Gasteiger partial charge on any atom is 0.0111 e. The Labute approximate surface area is 114 Å². The Morgan fingerprint density at radius 3 is 2.56 bits per heavy atom. The Kier molecular flexibility index (Phi) is 5.08. The van der Waals surface area contributed by atoms with Gasteiger partial charge >= 0.3 is 0 Å². The van der Waals surface area contributed by atoms with Crippen molar-refractivity contribution in [1.82, 2.24) is 10.2 Å². The van der Waals surface area contributed by atoms with Crippen molar-refractivity contribution in [3.63, 3.8) is 0 Å². The first-order valence-electron chi connectivity index (χ1n) is 8.20. The van der Waals surface area contributed by atoms with E-state index in [-0.39, 0.29) is 0 Å². The largest absolute Gasteiger partial charge is 0.314 e. The summed E-state index contributed by atoms with van der Waals surface area (Å²) >= 11 is 0. The van der Waals surface area contributed by atoms with Gasteiger partial charge in [0, 0.05) is 18.6 Å².